The first kappa shape index (κ1) is 24.9. The van der Waals surface area contributed by atoms with E-state index in [-0.39, 0.29) is 55.0 Å². The van der Waals surface area contributed by atoms with Gasteiger partial charge < -0.3 is 0 Å². The summed E-state index contributed by atoms with van der Waals surface area (Å²) in [4.78, 5) is 0. The summed E-state index contributed by atoms with van der Waals surface area (Å²) in [7, 11) is -1.84. The number of halogens is 5. The van der Waals surface area contributed by atoms with E-state index in [1.165, 1.54) is 5.56 Å². The summed E-state index contributed by atoms with van der Waals surface area (Å²) in [6.07, 6.45) is 5.35. The van der Waals surface area contributed by atoms with E-state index in [1.54, 1.807) is 12.2 Å². The van der Waals surface area contributed by atoms with Crippen molar-refractivity contribution in [3.63, 3.8) is 0 Å². The summed E-state index contributed by atoms with van der Waals surface area (Å²) >= 11 is 0. The fourth-order valence-corrected chi connectivity index (χ4v) is 2.87. The summed E-state index contributed by atoms with van der Waals surface area (Å²) in [5.41, 5.74) is 3.73. The quantitative estimate of drug-likeness (QED) is 0.421. The van der Waals surface area contributed by atoms with Crippen LogP contribution in [0.15, 0.2) is 41.9 Å². The number of benzene rings is 1. The normalized spacial score (nSPS) is 18.4. The third kappa shape index (κ3) is 5.33. The predicted octanol–water partition coefficient (Wildman–Crippen LogP) is 6.09. The standard InChI is InChI=1S/C13H11BF2.C2H6.CH3F.Ar.F2/c1-8-4-2-5-9-10-6-3-7-11(14(15)16)13(10)12(8)9;2*1-2;;1-2/h2-7,10,13H,1H3;1-2H3;1H3;;. The minimum Gasteiger partial charge on any atom is -0.281 e. The van der Waals surface area contributed by atoms with Gasteiger partial charge in [-0.3, -0.25) is 13.0 Å². The maximum absolute atomic E-state index is 12.9. The molecule has 0 saturated carbocycles. The first-order chi connectivity index (χ1) is 10.7. The van der Waals surface area contributed by atoms with Crippen molar-refractivity contribution in [2.24, 2.45) is 0 Å². The Morgan fingerprint density at radius 2 is 1.61 bits per heavy atom. The third-order valence-corrected chi connectivity index (χ3v) is 3.61. The van der Waals surface area contributed by atoms with Crippen LogP contribution in [0.3, 0.4) is 0 Å². The van der Waals surface area contributed by atoms with E-state index < -0.39 is 7.27 Å². The average molecular weight is 358 g/mol. The van der Waals surface area contributed by atoms with Gasteiger partial charge in [0.25, 0.3) is 0 Å². The van der Waals surface area contributed by atoms with Crippen molar-refractivity contribution < 1.29 is 59.9 Å². The van der Waals surface area contributed by atoms with E-state index >= 15 is 0 Å². The zero-order valence-electron chi connectivity index (χ0n) is 13.4. The molecule has 2 aliphatic carbocycles. The number of hydrogen-bond donors (Lipinski definition) is 0. The van der Waals surface area contributed by atoms with Gasteiger partial charge in [-0.25, -0.2) is 0 Å². The van der Waals surface area contributed by atoms with Crippen LogP contribution in [0.5, 0.6) is 0 Å². The number of fused-ring (bicyclic) bond motifs is 4. The van der Waals surface area contributed by atoms with Gasteiger partial charge in [-0.15, -0.1) is 0 Å². The van der Waals surface area contributed by atoms with Gasteiger partial charge in [0.15, 0.2) is 0 Å². The molecule has 2 atom stereocenters. The van der Waals surface area contributed by atoms with Crippen LogP contribution in [0.2, 0.25) is 0 Å². The molecule has 0 aromatic heterocycles. The molecular weight excluding hydrogens is 338 g/mol. The number of allylic oxidation sites excluding steroid dienone is 4. The largest absolute Gasteiger partial charge is 0.568 e. The summed E-state index contributed by atoms with van der Waals surface area (Å²) in [6, 6.07) is 6.04. The number of rotatable bonds is 1. The van der Waals surface area contributed by atoms with Gasteiger partial charge in [0.1, 0.15) is 0 Å². The van der Waals surface area contributed by atoms with Gasteiger partial charge in [0.2, 0.25) is 0 Å². The number of hydrogen-bond acceptors (Lipinski definition) is 0. The van der Waals surface area contributed by atoms with Crippen molar-refractivity contribution in [2.45, 2.75) is 32.6 Å². The van der Waals surface area contributed by atoms with E-state index in [0.717, 1.165) is 11.1 Å². The van der Waals surface area contributed by atoms with E-state index in [2.05, 4.69) is 0 Å². The van der Waals surface area contributed by atoms with Crippen LogP contribution < -0.4 is 0 Å². The summed E-state index contributed by atoms with van der Waals surface area (Å²) in [6.45, 7) is 6.00. The zero-order valence-corrected chi connectivity index (χ0v) is 14.1. The maximum Gasteiger partial charge on any atom is 0.568 e. The zero-order chi connectivity index (χ0) is 17.3. The van der Waals surface area contributed by atoms with E-state index in [9.17, 15) is 13.0 Å². The first-order valence-electron chi connectivity index (χ1n) is 6.98. The van der Waals surface area contributed by atoms with Crippen LogP contribution in [0.1, 0.15) is 42.4 Å². The molecule has 0 aliphatic heterocycles. The molecule has 130 valence electrons. The second-order valence-corrected chi connectivity index (χ2v) is 4.43. The molecule has 2 unspecified atom stereocenters. The van der Waals surface area contributed by atoms with Crippen molar-refractivity contribution in [3.05, 3.63) is 58.6 Å². The maximum atomic E-state index is 12.9. The Hall–Kier alpha value is -0.325. The van der Waals surface area contributed by atoms with Crippen LogP contribution in [0, 0.1) is 44.7 Å². The summed E-state index contributed by atoms with van der Waals surface area (Å²) < 4.78 is 51.3. The Balaban J connectivity index is 0. The summed E-state index contributed by atoms with van der Waals surface area (Å²) in [5.74, 6) is 0.0881. The van der Waals surface area contributed by atoms with Crippen LogP contribution in [0.4, 0.5) is 22.2 Å². The first-order valence-corrected chi connectivity index (χ1v) is 6.98. The molecule has 0 amide bonds. The summed E-state index contributed by atoms with van der Waals surface area (Å²) in [5, 5.41) is 0. The number of aryl methyl sites for hydroxylation is 1. The van der Waals surface area contributed by atoms with E-state index in [0.29, 0.717) is 7.18 Å². The van der Waals surface area contributed by atoms with Gasteiger partial charge in [-0.1, -0.05) is 50.3 Å². The van der Waals surface area contributed by atoms with Gasteiger partial charge in [-0.2, -0.15) is 0 Å². The Morgan fingerprint density at radius 1 is 1.04 bits per heavy atom. The monoisotopic (exact) mass is 358 g/mol. The molecule has 2 aliphatic rings. The molecule has 3 rings (SSSR count). The second-order valence-electron chi connectivity index (χ2n) is 4.43. The molecule has 23 heavy (non-hydrogen) atoms. The van der Waals surface area contributed by atoms with Crippen LogP contribution in [-0.2, 0) is 0 Å². The minimum atomic E-state index is -2.34. The molecule has 0 heterocycles. The molecule has 0 spiro atoms. The molecule has 0 fully saturated rings. The van der Waals surface area contributed by atoms with E-state index in [4.69, 9.17) is 9.15 Å². The van der Waals surface area contributed by atoms with Crippen molar-refractivity contribution in [1.29, 1.82) is 0 Å². The van der Waals surface area contributed by atoms with Crippen LogP contribution in [0.25, 0.3) is 0 Å². The number of alkyl halides is 1. The van der Waals surface area contributed by atoms with Crippen LogP contribution >= 0.6 is 0 Å². The Kier molecular flexibility index (Phi) is 14.1. The van der Waals surface area contributed by atoms with Crippen LogP contribution in [-0.4, -0.2) is 14.4 Å². The molecule has 0 bridgehead atoms. The van der Waals surface area contributed by atoms with Crippen molar-refractivity contribution in [2.75, 3.05) is 7.18 Å². The van der Waals surface area contributed by atoms with Gasteiger partial charge in [-0.05, 0) is 29.1 Å². The predicted molar refractivity (Wildman–Crippen MR) is 82.5 cm³/mol. The SMILES string of the molecule is CC.CF.Cc1cccc2c1C1C(B(F)F)=CC=CC21.FF.[Ar]. The smallest absolute Gasteiger partial charge is 0.281 e. The van der Waals surface area contributed by atoms with Crippen molar-refractivity contribution >= 4 is 7.27 Å². The molecule has 0 nitrogen and oxygen atoms in total. The third-order valence-electron chi connectivity index (χ3n) is 3.61. The second kappa shape index (κ2) is 13.0. The molecule has 0 saturated heterocycles. The molecule has 1 aromatic carbocycles. The fraction of sp³-hybridized carbons (Fsp3) is 0.375. The van der Waals surface area contributed by atoms with E-state index in [1.807, 2.05) is 45.0 Å². The molecular formula is C16H20ArBF5. The van der Waals surface area contributed by atoms with Gasteiger partial charge >= 0.3 is 7.27 Å². The topological polar surface area (TPSA) is 0 Å². The Morgan fingerprint density at radius 3 is 2.13 bits per heavy atom. The fourth-order valence-electron chi connectivity index (χ4n) is 2.87. The van der Waals surface area contributed by atoms with Gasteiger partial charge in [0, 0.05) is 58.7 Å². The van der Waals surface area contributed by atoms with Crippen molar-refractivity contribution in [1.82, 2.24) is 0 Å². The molecule has 1 aromatic rings. The molecule has 0 radical (unpaired) electrons. The van der Waals surface area contributed by atoms with Gasteiger partial charge in [0.05, 0.1) is 7.18 Å². The average Bonchev–Trinajstić information content (AvgIpc) is 2.57. The molecule has 0 N–H and O–H groups in total. The minimum absolute atomic E-state index is 0. The van der Waals surface area contributed by atoms with Crippen molar-refractivity contribution in [3.8, 4) is 0 Å². The Labute approximate surface area is 164 Å². The molecule has 7 heteroatoms. The Bertz CT molecular complexity index is 517.